The average molecular weight is 276 g/mol. The van der Waals surface area contributed by atoms with E-state index in [9.17, 15) is 9.59 Å². The van der Waals surface area contributed by atoms with Crippen LogP contribution in [0.25, 0.3) is 0 Å². The van der Waals surface area contributed by atoms with E-state index in [1.807, 2.05) is 5.38 Å². The molecule has 1 heterocycles. The van der Waals surface area contributed by atoms with Crippen LogP contribution in [0, 0.1) is 0 Å². The first-order valence-electron chi connectivity index (χ1n) is 5.65. The van der Waals surface area contributed by atoms with Crippen LogP contribution in [0.15, 0.2) is 41.8 Å². The van der Waals surface area contributed by atoms with E-state index in [1.54, 1.807) is 36.4 Å². The highest BCUT2D eigenvalue weighted by Gasteiger charge is 2.19. The Kier molecular flexibility index (Phi) is 4.09. The Labute approximate surface area is 114 Å². The predicted octanol–water partition coefficient (Wildman–Crippen LogP) is 2.14. The van der Waals surface area contributed by atoms with Crippen LogP contribution >= 0.6 is 11.3 Å². The number of ketones is 1. The molecule has 4 nitrogen and oxygen atoms in total. The van der Waals surface area contributed by atoms with Crippen molar-refractivity contribution in [1.82, 2.24) is 0 Å². The van der Waals surface area contributed by atoms with Gasteiger partial charge in [-0.05, 0) is 17.0 Å². The molecule has 0 aliphatic heterocycles. The van der Waals surface area contributed by atoms with Gasteiger partial charge in [-0.25, -0.2) is 0 Å². The summed E-state index contributed by atoms with van der Waals surface area (Å²) < 4.78 is 0. The van der Waals surface area contributed by atoms with Crippen LogP contribution in [0.4, 0.5) is 0 Å². The lowest BCUT2D eigenvalue weighted by Gasteiger charge is -2.09. The number of hydrogen-bond acceptors (Lipinski definition) is 4. The highest BCUT2D eigenvalue weighted by molar-refractivity contribution is 7.12. The minimum atomic E-state index is -1.08. The molecule has 0 fully saturated rings. The molecular weight excluding hydrogens is 264 g/mol. The van der Waals surface area contributed by atoms with Crippen molar-refractivity contribution < 1.29 is 19.8 Å². The maximum atomic E-state index is 12.0. The molecule has 1 aromatic carbocycles. The maximum Gasteiger partial charge on any atom is 0.313 e. The number of rotatable bonds is 5. The molecule has 1 aromatic heterocycles. The summed E-state index contributed by atoms with van der Waals surface area (Å²) >= 11 is 1.36. The summed E-state index contributed by atoms with van der Waals surface area (Å²) in [6, 6.07) is 9.85. The number of aliphatic carboxylic acids is 1. The van der Waals surface area contributed by atoms with Gasteiger partial charge < -0.3 is 10.2 Å². The normalized spacial score (nSPS) is 12.1. The van der Waals surface area contributed by atoms with Crippen molar-refractivity contribution in [3.63, 3.8) is 0 Å². The third-order valence-corrected chi connectivity index (χ3v) is 3.67. The first-order valence-corrected chi connectivity index (χ1v) is 6.53. The van der Waals surface area contributed by atoms with Crippen molar-refractivity contribution in [3.8, 4) is 0 Å². The van der Waals surface area contributed by atoms with Crippen molar-refractivity contribution in [1.29, 1.82) is 0 Å². The lowest BCUT2D eigenvalue weighted by molar-refractivity contribution is -0.139. The Balaban J connectivity index is 2.23. The minimum Gasteiger partial charge on any atom is -0.481 e. The molecule has 0 saturated carbocycles. The molecule has 0 aliphatic carbocycles. The summed E-state index contributed by atoms with van der Waals surface area (Å²) in [4.78, 5) is 23.6. The maximum absolute atomic E-state index is 12.0. The number of carboxylic acid groups (broad SMARTS) is 1. The molecule has 0 aliphatic rings. The Morgan fingerprint density at radius 2 is 1.84 bits per heavy atom. The first-order chi connectivity index (χ1) is 9.13. The molecule has 0 amide bonds. The van der Waals surface area contributed by atoms with Gasteiger partial charge in [-0.2, -0.15) is 0 Å². The SMILES string of the molecule is O=C(c1ccc(C(CO)C(=O)O)cc1)c1cccs1. The minimum absolute atomic E-state index is 0.0857. The van der Waals surface area contributed by atoms with E-state index in [1.165, 1.54) is 11.3 Å². The molecule has 98 valence electrons. The molecule has 0 saturated heterocycles. The molecule has 1 unspecified atom stereocenters. The number of carbonyl (C=O) groups excluding carboxylic acids is 1. The van der Waals surface area contributed by atoms with Gasteiger partial charge in [-0.15, -0.1) is 11.3 Å². The number of aliphatic hydroxyl groups is 1. The second-order valence-corrected chi connectivity index (χ2v) is 4.95. The van der Waals surface area contributed by atoms with Crippen molar-refractivity contribution in [2.45, 2.75) is 5.92 Å². The summed E-state index contributed by atoms with van der Waals surface area (Å²) in [5, 5.41) is 19.8. The van der Waals surface area contributed by atoms with Crippen LogP contribution in [0.3, 0.4) is 0 Å². The zero-order valence-corrected chi connectivity index (χ0v) is 10.8. The molecule has 19 heavy (non-hydrogen) atoms. The van der Waals surface area contributed by atoms with E-state index in [4.69, 9.17) is 10.2 Å². The topological polar surface area (TPSA) is 74.6 Å². The quantitative estimate of drug-likeness (QED) is 0.820. The molecule has 5 heteroatoms. The summed E-state index contributed by atoms with van der Waals surface area (Å²) in [5.41, 5.74) is 0.992. The number of thiophene rings is 1. The Bertz CT molecular complexity index is 572. The van der Waals surface area contributed by atoms with Gasteiger partial charge in [0.15, 0.2) is 0 Å². The van der Waals surface area contributed by atoms with Gasteiger partial charge >= 0.3 is 5.97 Å². The highest BCUT2D eigenvalue weighted by Crippen LogP contribution is 2.19. The fourth-order valence-electron chi connectivity index (χ4n) is 1.74. The standard InChI is InChI=1S/C14H12O4S/c15-8-11(14(17)18)9-3-5-10(6-4-9)13(16)12-2-1-7-19-12/h1-7,11,15H,8H2,(H,17,18). The monoisotopic (exact) mass is 276 g/mol. The molecule has 0 bridgehead atoms. The zero-order chi connectivity index (χ0) is 13.8. The van der Waals surface area contributed by atoms with Gasteiger partial charge in [-0.1, -0.05) is 30.3 Å². The van der Waals surface area contributed by atoms with Crippen LogP contribution in [0.2, 0.25) is 0 Å². The van der Waals surface area contributed by atoms with Crippen LogP contribution in [-0.4, -0.2) is 28.6 Å². The van der Waals surface area contributed by atoms with Crippen LogP contribution in [0.1, 0.15) is 26.7 Å². The van der Waals surface area contributed by atoms with Gasteiger partial charge in [0.2, 0.25) is 5.78 Å². The Morgan fingerprint density at radius 1 is 1.16 bits per heavy atom. The molecule has 0 spiro atoms. The van der Waals surface area contributed by atoms with E-state index in [2.05, 4.69) is 0 Å². The lowest BCUT2D eigenvalue weighted by Crippen LogP contribution is -2.15. The van der Waals surface area contributed by atoms with E-state index in [0.717, 1.165) is 0 Å². The molecule has 1 atom stereocenters. The van der Waals surface area contributed by atoms with Gasteiger partial charge in [0.25, 0.3) is 0 Å². The molecule has 2 aromatic rings. The highest BCUT2D eigenvalue weighted by atomic mass is 32.1. The predicted molar refractivity (Wildman–Crippen MR) is 71.7 cm³/mol. The summed E-state index contributed by atoms with van der Waals surface area (Å²) in [6.45, 7) is -0.465. The van der Waals surface area contributed by atoms with Crippen LogP contribution < -0.4 is 0 Å². The average Bonchev–Trinajstić information content (AvgIpc) is 2.93. The molecule has 2 N–H and O–H groups in total. The van der Waals surface area contributed by atoms with E-state index in [-0.39, 0.29) is 5.78 Å². The third-order valence-electron chi connectivity index (χ3n) is 2.80. The summed E-state index contributed by atoms with van der Waals surface area (Å²) in [5.74, 6) is -2.12. The number of carboxylic acids is 1. The number of hydrogen-bond donors (Lipinski definition) is 2. The van der Waals surface area contributed by atoms with Crippen LogP contribution in [0.5, 0.6) is 0 Å². The second-order valence-electron chi connectivity index (χ2n) is 4.00. The van der Waals surface area contributed by atoms with Crippen LogP contribution in [-0.2, 0) is 4.79 Å². The number of benzene rings is 1. The van der Waals surface area contributed by atoms with Gasteiger partial charge in [0.05, 0.1) is 11.5 Å². The lowest BCUT2D eigenvalue weighted by atomic mass is 9.98. The van der Waals surface area contributed by atoms with Crippen molar-refractivity contribution in [2.75, 3.05) is 6.61 Å². The van der Waals surface area contributed by atoms with Crippen molar-refractivity contribution >= 4 is 23.1 Å². The smallest absolute Gasteiger partial charge is 0.313 e. The van der Waals surface area contributed by atoms with Gasteiger partial charge in [0.1, 0.15) is 5.92 Å². The fraction of sp³-hybridized carbons (Fsp3) is 0.143. The Hall–Kier alpha value is -1.98. The molecule has 0 radical (unpaired) electrons. The van der Waals surface area contributed by atoms with Crippen molar-refractivity contribution in [3.05, 3.63) is 57.8 Å². The van der Waals surface area contributed by atoms with E-state index < -0.39 is 18.5 Å². The summed E-state index contributed by atoms with van der Waals surface area (Å²) in [7, 11) is 0. The van der Waals surface area contributed by atoms with Gasteiger partial charge in [0, 0.05) is 5.56 Å². The van der Waals surface area contributed by atoms with E-state index in [0.29, 0.717) is 16.0 Å². The third kappa shape index (κ3) is 2.89. The van der Waals surface area contributed by atoms with Crippen molar-refractivity contribution in [2.24, 2.45) is 0 Å². The molecule has 2 rings (SSSR count). The molecular formula is C14H12O4S. The first kappa shape index (κ1) is 13.5. The van der Waals surface area contributed by atoms with Gasteiger partial charge in [-0.3, -0.25) is 9.59 Å². The summed E-state index contributed by atoms with van der Waals surface area (Å²) in [6.07, 6.45) is 0. The Morgan fingerprint density at radius 3 is 2.32 bits per heavy atom. The fourth-order valence-corrected chi connectivity index (χ4v) is 2.43. The zero-order valence-electron chi connectivity index (χ0n) is 9.95. The number of carbonyl (C=O) groups is 2. The largest absolute Gasteiger partial charge is 0.481 e. The second kappa shape index (κ2) is 5.77. The van der Waals surface area contributed by atoms with E-state index >= 15 is 0 Å². The number of aliphatic hydroxyl groups excluding tert-OH is 1.